The molecule has 0 unspecified atom stereocenters. The summed E-state index contributed by atoms with van der Waals surface area (Å²) in [7, 11) is 0. The Hall–Kier alpha value is -1.18. The Balaban J connectivity index is 4.34. The van der Waals surface area contributed by atoms with Crippen molar-refractivity contribution in [2.45, 2.75) is 13.8 Å². The number of nitrogens with zero attached hydrogens (tertiary/aromatic N) is 2. The van der Waals surface area contributed by atoms with Crippen LogP contribution in [0.25, 0.3) is 0 Å². The summed E-state index contributed by atoms with van der Waals surface area (Å²) in [4.78, 5) is 7.92. The maximum atomic E-state index is 4.04. The fraction of sp³-hybridized carbons (Fsp3) is 0.333. The lowest BCUT2D eigenvalue weighted by Gasteiger charge is -2.00. The molecule has 0 bridgehead atoms. The van der Waals surface area contributed by atoms with Crippen molar-refractivity contribution >= 4 is 11.9 Å². The first-order chi connectivity index (χ1) is 5.22. The van der Waals surface area contributed by atoms with Gasteiger partial charge in [0.15, 0.2) is 0 Å². The molecule has 0 rings (SSSR count). The minimum Gasteiger partial charge on any atom is -0.263 e. The van der Waals surface area contributed by atoms with Crippen molar-refractivity contribution in [3.63, 3.8) is 0 Å². The van der Waals surface area contributed by atoms with Gasteiger partial charge in [0, 0.05) is 18.6 Å². The first-order valence-electron chi connectivity index (χ1n) is 3.55. The first kappa shape index (κ1) is 9.82. The van der Waals surface area contributed by atoms with Crippen LogP contribution < -0.4 is 0 Å². The van der Waals surface area contributed by atoms with Gasteiger partial charge in [-0.05, 0) is 5.92 Å². The van der Waals surface area contributed by atoms with Crippen LogP contribution in [-0.2, 0) is 0 Å². The molecule has 0 saturated heterocycles. The number of rotatable bonds is 4. The van der Waals surface area contributed by atoms with Crippen LogP contribution in [0.2, 0.25) is 0 Å². The molecular weight excluding hydrogens is 136 g/mol. The normalized spacial score (nSPS) is 12.5. The van der Waals surface area contributed by atoms with Gasteiger partial charge in [-0.3, -0.25) is 9.98 Å². The fourth-order valence-electron chi connectivity index (χ4n) is 0.566. The van der Waals surface area contributed by atoms with Gasteiger partial charge in [-0.25, -0.2) is 0 Å². The highest BCUT2D eigenvalue weighted by atomic mass is 14.7. The summed E-state index contributed by atoms with van der Waals surface area (Å²) in [6, 6.07) is 0. The molecule has 0 aromatic heterocycles. The lowest BCUT2D eigenvalue weighted by Crippen LogP contribution is -2.07. The van der Waals surface area contributed by atoms with E-state index in [2.05, 4.69) is 37.0 Å². The quantitative estimate of drug-likeness (QED) is 0.550. The molecule has 0 radical (unpaired) electrons. The van der Waals surface area contributed by atoms with Gasteiger partial charge in [0.1, 0.15) is 0 Å². The third kappa shape index (κ3) is 4.25. The summed E-state index contributed by atoms with van der Waals surface area (Å²) in [6.07, 6.45) is 4.70. The van der Waals surface area contributed by atoms with Crippen molar-refractivity contribution in [3.05, 3.63) is 25.6 Å². The Kier molecular flexibility index (Phi) is 4.99. The lowest BCUT2D eigenvalue weighted by molar-refractivity contribution is 0.896. The minimum absolute atomic E-state index is 0.372. The summed E-state index contributed by atoms with van der Waals surface area (Å²) in [5, 5.41) is 0. The Bertz CT molecular complexity index is 188. The second kappa shape index (κ2) is 5.59. The van der Waals surface area contributed by atoms with Crippen molar-refractivity contribution in [1.82, 2.24) is 0 Å². The van der Waals surface area contributed by atoms with Crippen LogP contribution in [0.3, 0.4) is 0 Å². The van der Waals surface area contributed by atoms with Gasteiger partial charge in [-0.1, -0.05) is 27.0 Å². The number of hydrogen-bond acceptors (Lipinski definition) is 2. The van der Waals surface area contributed by atoms with Crippen LogP contribution >= 0.6 is 0 Å². The summed E-state index contributed by atoms with van der Waals surface area (Å²) in [5.41, 5.74) is 0.917. The largest absolute Gasteiger partial charge is 0.263 e. The van der Waals surface area contributed by atoms with Crippen molar-refractivity contribution in [1.29, 1.82) is 0 Å². The molecule has 0 aliphatic rings. The lowest BCUT2D eigenvalue weighted by atomic mass is 10.1. The van der Waals surface area contributed by atoms with Crippen molar-refractivity contribution in [2.75, 3.05) is 0 Å². The van der Waals surface area contributed by atoms with Gasteiger partial charge in [0.25, 0.3) is 0 Å². The topological polar surface area (TPSA) is 24.7 Å². The highest BCUT2D eigenvalue weighted by Crippen LogP contribution is 1.95. The predicted octanol–water partition coefficient (Wildman–Crippen LogP) is 2.44. The Morgan fingerprint density at radius 1 is 1.27 bits per heavy atom. The summed E-state index contributed by atoms with van der Waals surface area (Å²) >= 11 is 0. The first-order valence-corrected chi connectivity index (χ1v) is 3.55. The van der Waals surface area contributed by atoms with E-state index in [1.807, 2.05) is 0 Å². The molecule has 0 aliphatic carbocycles. The Morgan fingerprint density at radius 2 is 1.91 bits per heavy atom. The SMILES string of the molecule is C=C/N=C\C(=N/C=C)C(C)C. The number of hydrogen-bond donors (Lipinski definition) is 0. The van der Waals surface area contributed by atoms with Crippen LogP contribution in [0, 0.1) is 5.92 Å². The molecule has 11 heavy (non-hydrogen) atoms. The zero-order valence-electron chi connectivity index (χ0n) is 7.12. The van der Waals surface area contributed by atoms with Crippen molar-refractivity contribution in [2.24, 2.45) is 15.9 Å². The molecule has 0 atom stereocenters. The van der Waals surface area contributed by atoms with Crippen LogP contribution in [0.1, 0.15) is 13.8 Å². The van der Waals surface area contributed by atoms with Crippen LogP contribution in [0.4, 0.5) is 0 Å². The van der Waals surface area contributed by atoms with Gasteiger partial charge in [-0.15, -0.1) is 0 Å². The van der Waals surface area contributed by atoms with E-state index in [-0.39, 0.29) is 0 Å². The predicted molar refractivity (Wildman–Crippen MR) is 51.2 cm³/mol. The van der Waals surface area contributed by atoms with Crippen LogP contribution in [-0.4, -0.2) is 11.9 Å². The average Bonchev–Trinajstić information content (AvgIpc) is 1.97. The molecule has 0 fully saturated rings. The average molecular weight is 150 g/mol. The van der Waals surface area contributed by atoms with Gasteiger partial charge in [0.2, 0.25) is 0 Å². The Labute approximate surface area is 68.1 Å². The molecule has 0 aromatic rings. The number of aliphatic imine (C=N–C) groups is 2. The monoisotopic (exact) mass is 150 g/mol. The summed E-state index contributed by atoms with van der Waals surface area (Å²) in [6.45, 7) is 11.1. The molecule has 60 valence electrons. The molecule has 0 spiro atoms. The second-order valence-electron chi connectivity index (χ2n) is 2.35. The summed E-state index contributed by atoms with van der Waals surface area (Å²) in [5.74, 6) is 0.372. The smallest absolute Gasteiger partial charge is 0.0611 e. The Morgan fingerprint density at radius 3 is 2.27 bits per heavy atom. The third-order valence-electron chi connectivity index (χ3n) is 1.14. The molecule has 2 heteroatoms. The zero-order valence-corrected chi connectivity index (χ0v) is 7.12. The maximum Gasteiger partial charge on any atom is 0.0611 e. The molecule has 0 saturated carbocycles. The molecule has 0 aromatic carbocycles. The van der Waals surface area contributed by atoms with E-state index >= 15 is 0 Å². The van der Waals surface area contributed by atoms with Crippen LogP contribution in [0.15, 0.2) is 35.5 Å². The van der Waals surface area contributed by atoms with Crippen LogP contribution in [0.5, 0.6) is 0 Å². The van der Waals surface area contributed by atoms with E-state index in [0.717, 1.165) is 5.71 Å². The third-order valence-corrected chi connectivity index (χ3v) is 1.14. The van der Waals surface area contributed by atoms with E-state index in [0.29, 0.717) is 5.92 Å². The maximum absolute atomic E-state index is 4.04. The standard InChI is InChI=1S/C9H14N2/c1-5-10-7-9(8(3)4)11-6-2/h5-8H,1-2H2,3-4H3/b10-7-,11-9+. The highest BCUT2D eigenvalue weighted by molar-refractivity contribution is 6.31. The minimum atomic E-state index is 0.372. The molecule has 0 aliphatic heterocycles. The molecule has 0 amide bonds. The van der Waals surface area contributed by atoms with E-state index in [9.17, 15) is 0 Å². The molecule has 2 nitrogen and oxygen atoms in total. The van der Waals surface area contributed by atoms with E-state index in [4.69, 9.17) is 0 Å². The fourth-order valence-corrected chi connectivity index (χ4v) is 0.566. The van der Waals surface area contributed by atoms with E-state index in [1.54, 1.807) is 6.21 Å². The van der Waals surface area contributed by atoms with Gasteiger partial charge in [0.05, 0.1) is 5.71 Å². The van der Waals surface area contributed by atoms with Crippen molar-refractivity contribution < 1.29 is 0 Å². The molecule has 0 heterocycles. The highest BCUT2D eigenvalue weighted by Gasteiger charge is 1.98. The molecule has 0 N–H and O–H groups in total. The zero-order chi connectivity index (χ0) is 8.69. The van der Waals surface area contributed by atoms with Gasteiger partial charge >= 0.3 is 0 Å². The van der Waals surface area contributed by atoms with Gasteiger partial charge < -0.3 is 0 Å². The van der Waals surface area contributed by atoms with E-state index < -0.39 is 0 Å². The second-order valence-corrected chi connectivity index (χ2v) is 2.35. The molecular formula is C9H14N2. The van der Waals surface area contributed by atoms with Gasteiger partial charge in [-0.2, -0.15) is 0 Å². The van der Waals surface area contributed by atoms with E-state index in [1.165, 1.54) is 12.4 Å². The summed E-state index contributed by atoms with van der Waals surface area (Å²) < 4.78 is 0. The van der Waals surface area contributed by atoms with Crippen molar-refractivity contribution in [3.8, 4) is 0 Å².